The lowest BCUT2D eigenvalue weighted by atomic mass is 9.99. The molecule has 4 heteroatoms. The second kappa shape index (κ2) is 6.89. The zero-order valence-corrected chi connectivity index (χ0v) is 12.9. The average Bonchev–Trinajstić information content (AvgIpc) is 2.51. The van der Waals surface area contributed by atoms with Gasteiger partial charge in [-0.1, -0.05) is 29.3 Å². The standard InChI is InChI=1S/C18H18O4/c1-12-8-13(2)10-14(9-12)18(20)15-6-4-5-7-16(15)22-11-17(19)21-3/h4-10H,11H2,1-3H3. The minimum Gasteiger partial charge on any atom is -0.481 e. The number of methoxy groups -OCH3 is 1. The minimum atomic E-state index is -0.492. The summed E-state index contributed by atoms with van der Waals surface area (Å²) < 4.78 is 9.94. The molecule has 0 atom stereocenters. The van der Waals surface area contributed by atoms with Crippen molar-refractivity contribution in [2.75, 3.05) is 13.7 Å². The molecule has 2 rings (SSSR count). The first-order chi connectivity index (χ1) is 10.5. The lowest BCUT2D eigenvalue weighted by molar-refractivity contribution is -0.142. The molecule has 2 aromatic carbocycles. The molecule has 0 bridgehead atoms. The number of esters is 1. The van der Waals surface area contributed by atoms with Gasteiger partial charge >= 0.3 is 5.97 Å². The van der Waals surface area contributed by atoms with Crippen LogP contribution in [0.1, 0.15) is 27.0 Å². The Hall–Kier alpha value is -2.62. The number of carbonyl (C=O) groups is 2. The summed E-state index contributed by atoms with van der Waals surface area (Å²) in [4.78, 5) is 23.9. The molecule has 0 aliphatic carbocycles. The van der Waals surface area contributed by atoms with Gasteiger partial charge in [-0.25, -0.2) is 4.79 Å². The molecule has 0 N–H and O–H groups in total. The van der Waals surface area contributed by atoms with E-state index in [1.54, 1.807) is 24.3 Å². The molecule has 0 saturated heterocycles. The van der Waals surface area contributed by atoms with Crippen LogP contribution >= 0.6 is 0 Å². The highest BCUT2D eigenvalue weighted by Gasteiger charge is 2.16. The van der Waals surface area contributed by atoms with Crippen LogP contribution in [0.5, 0.6) is 5.75 Å². The van der Waals surface area contributed by atoms with Crippen molar-refractivity contribution >= 4 is 11.8 Å². The van der Waals surface area contributed by atoms with Crippen molar-refractivity contribution in [3.63, 3.8) is 0 Å². The van der Waals surface area contributed by atoms with E-state index < -0.39 is 5.97 Å². The van der Waals surface area contributed by atoms with Crippen LogP contribution in [-0.2, 0) is 9.53 Å². The van der Waals surface area contributed by atoms with Crippen LogP contribution in [0.2, 0.25) is 0 Å². The van der Waals surface area contributed by atoms with E-state index >= 15 is 0 Å². The van der Waals surface area contributed by atoms with Crippen molar-refractivity contribution in [3.8, 4) is 5.75 Å². The summed E-state index contributed by atoms with van der Waals surface area (Å²) in [7, 11) is 1.29. The quantitative estimate of drug-likeness (QED) is 0.629. The molecule has 22 heavy (non-hydrogen) atoms. The molecule has 4 nitrogen and oxygen atoms in total. The molecule has 0 aromatic heterocycles. The van der Waals surface area contributed by atoms with E-state index in [1.807, 2.05) is 32.0 Å². The van der Waals surface area contributed by atoms with Gasteiger partial charge in [-0.15, -0.1) is 0 Å². The number of hydrogen-bond donors (Lipinski definition) is 0. The number of ketones is 1. The maximum Gasteiger partial charge on any atom is 0.343 e. The van der Waals surface area contributed by atoms with Crippen LogP contribution < -0.4 is 4.74 Å². The van der Waals surface area contributed by atoms with Gasteiger partial charge < -0.3 is 9.47 Å². The molecule has 0 heterocycles. The Balaban J connectivity index is 2.31. The Morgan fingerprint density at radius 1 is 1.00 bits per heavy atom. The van der Waals surface area contributed by atoms with Crippen LogP contribution in [0.15, 0.2) is 42.5 Å². The summed E-state index contributed by atoms with van der Waals surface area (Å²) in [6.45, 7) is 3.67. The maximum atomic E-state index is 12.7. The molecular weight excluding hydrogens is 280 g/mol. The molecule has 0 radical (unpaired) electrons. The van der Waals surface area contributed by atoms with Gasteiger partial charge in [0.05, 0.1) is 12.7 Å². The first kappa shape index (κ1) is 15.8. The van der Waals surface area contributed by atoms with Crippen molar-refractivity contribution < 1.29 is 19.1 Å². The van der Waals surface area contributed by atoms with E-state index in [9.17, 15) is 9.59 Å². The largest absolute Gasteiger partial charge is 0.481 e. The predicted molar refractivity (Wildman–Crippen MR) is 83.3 cm³/mol. The predicted octanol–water partition coefficient (Wildman–Crippen LogP) is 3.09. The Morgan fingerprint density at radius 2 is 1.64 bits per heavy atom. The Bertz CT molecular complexity index is 684. The molecule has 0 spiro atoms. The lowest BCUT2D eigenvalue weighted by Gasteiger charge is -2.10. The van der Waals surface area contributed by atoms with E-state index in [4.69, 9.17) is 4.74 Å². The highest BCUT2D eigenvalue weighted by Crippen LogP contribution is 2.22. The van der Waals surface area contributed by atoms with E-state index in [0.717, 1.165) is 11.1 Å². The smallest absolute Gasteiger partial charge is 0.343 e. The van der Waals surface area contributed by atoms with Gasteiger partial charge in [-0.3, -0.25) is 4.79 Å². The summed E-state index contributed by atoms with van der Waals surface area (Å²) in [6.07, 6.45) is 0. The Morgan fingerprint density at radius 3 is 2.27 bits per heavy atom. The zero-order valence-electron chi connectivity index (χ0n) is 12.9. The van der Waals surface area contributed by atoms with Crippen molar-refractivity contribution in [1.29, 1.82) is 0 Å². The van der Waals surface area contributed by atoms with Crippen molar-refractivity contribution in [2.24, 2.45) is 0 Å². The fourth-order valence-electron chi connectivity index (χ4n) is 2.24. The summed E-state index contributed by atoms with van der Waals surface area (Å²) in [5, 5.41) is 0. The van der Waals surface area contributed by atoms with Gasteiger partial charge in [0.1, 0.15) is 5.75 Å². The van der Waals surface area contributed by atoms with Crippen LogP contribution in [0.25, 0.3) is 0 Å². The molecule has 0 saturated carbocycles. The molecule has 114 valence electrons. The first-order valence-electron chi connectivity index (χ1n) is 6.93. The highest BCUT2D eigenvalue weighted by atomic mass is 16.6. The van der Waals surface area contributed by atoms with Crippen molar-refractivity contribution in [3.05, 3.63) is 64.7 Å². The summed E-state index contributed by atoms with van der Waals surface area (Å²) >= 11 is 0. The van der Waals surface area contributed by atoms with Crippen molar-refractivity contribution in [1.82, 2.24) is 0 Å². The highest BCUT2D eigenvalue weighted by molar-refractivity contribution is 6.10. The topological polar surface area (TPSA) is 52.6 Å². The number of carbonyl (C=O) groups excluding carboxylic acids is 2. The first-order valence-corrected chi connectivity index (χ1v) is 6.93. The summed E-state index contributed by atoms with van der Waals surface area (Å²) in [6, 6.07) is 12.6. The summed E-state index contributed by atoms with van der Waals surface area (Å²) in [5.74, 6) is -0.252. The lowest BCUT2D eigenvalue weighted by Crippen LogP contribution is -2.14. The normalized spacial score (nSPS) is 10.1. The van der Waals surface area contributed by atoms with Crippen LogP contribution in [0.3, 0.4) is 0 Å². The van der Waals surface area contributed by atoms with Gasteiger partial charge in [0, 0.05) is 5.56 Å². The molecular formula is C18H18O4. The number of para-hydroxylation sites is 1. The number of ether oxygens (including phenoxy) is 2. The molecule has 0 aliphatic heterocycles. The van der Waals surface area contributed by atoms with E-state index in [1.165, 1.54) is 7.11 Å². The average molecular weight is 298 g/mol. The van der Waals surface area contributed by atoms with E-state index in [0.29, 0.717) is 16.9 Å². The zero-order chi connectivity index (χ0) is 16.1. The Labute approximate surface area is 129 Å². The Kier molecular flexibility index (Phi) is 4.94. The fourth-order valence-corrected chi connectivity index (χ4v) is 2.24. The molecule has 0 aliphatic rings. The van der Waals surface area contributed by atoms with E-state index in [2.05, 4.69) is 4.74 Å². The molecule has 2 aromatic rings. The van der Waals surface area contributed by atoms with Gasteiger partial charge in [-0.05, 0) is 38.1 Å². The van der Waals surface area contributed by atoms with Crippen LogP contribution in [0, 0.1) is 13.8 Å². The monoisotopic (exact) mass is 298 g/mol. The number of benzene rings is 2. The van der Waals surface area contributed by atoms with E-state index in [-0.39, 0.29) is 12.4 Å². The van der Waals surface area contributed by atoms with Crippen LogP contribution in [0.4, 0.5) is 0 Å². The molecule has 0 amide bonds. The fraction of sp³-hybridized carbons (Fsp3) is 0.222. The summed E-state index contributed by atoms with van der Waals surface area (Å²) in [5.41, 5.74) is 3.08. The number of rotatable bonds is 5. The van der Waals surface area contributed by atoms with Gasteiger partial charge in [-0.2, -0.15) is 0 Å². The van der Waals surface area contributed by atoms with Gasteiger partial charge in [0.25, 0.3) is 0 Å². The minimum absolute atomic E-state index is 0.132. The van der Waals surface area contributed by atoms with Gasteiger partial charge in [0.15, 0.2) is 12.4 Å². The second-order valence-corrected chi connectivity index (χ2v) is 5.07. The third kappa shape index (κ3) is 3.73. The third-order valence-corrected chi connectivity index (χ3v) is 3.19. The van der Waals surface area contributed by atoms with Crippen LogP contribution in [-0.4, -0.2) is 25.5 Å². The van der Waals surface area contributed by atoms with Crippen molar-refractivity contribution in [2.45, 2.75) is 13.8 Å². The SMILES string of the molecule is COC(=O)COc1ccccc1C(=O)c1cc(C)cc(C)c1. The third-order valence-electron chi connectivity index (χ3n) is 3.19. The molecule has 0 unspecified atom stereocenters. The van der Waals surface area contributed by atoms with Gasteiger partial charge in [0.2, 0.25) is 0 Å². The molecule has 0 fully saturated rings. The maximum absolute atomic E-state index is 12.7. The number of hydrogen-bond acceptors (Lipinski definition) is 4. The number of aryl methyl sites for hydroxylation is 2. The second-order valence-electron chi connectivity index (χ2n) is 5.07.